The third-order valence-corrected chi connectivity index (χ3v) is 3.58. The van der Waals surface area contributed by atoms with Gasteiger partial charge in [0.15, 0.2) is 0 Å². The molecule has 0 saturated heterocycles. The molecule has 0 atom stereocenters. The number of para-hydroxylation sites is 1. The molecular formula is C14H20N2O2. The number of rotatable bonds is 4. The molecule has 0 aliphatic heterocycles. The molecule has 4 heteroatoms. The summed E-state index contributed by atoms with van der Waals surface area (Å²) in [5.74, 6) is -0.348. The molecule has 1 aliphatic rings. The van der Waals surface area contributed by atoms with Gasteiger partial charge < -0.3 is 15.4 Å². The fraction of sp³-hybridized carbons (Fsp3) is 0.500. The van der Waals surface area contributed by atoms with E-state index in [4.69, 9.17) is 10.5 Å². The lowest BCUT2D eigenvalue weighted by Gasteiger charge is -2.37. The second-order valence-corrected chi connectivity index (χ2v) is 4.65. The van der Waals surface area contributed by atoms with Crippen molar-refractivity contribution in [3.63, 3.8) is 0 Å². The van der Waals surface area contributed by atoms with Crippen LogP contribution in [-0.2, 0) is 4.74 Å². The topological polar surface area (TPSA) is 55.6 Å². The van der Waals surface area contributed by atoms with Crippen molar-refractivity contribution in [3.05, 3.63) is 23.8 Å². The van der Waals surface area contributed by atoms with Crippen molar-refractivity contribution >= 4 is 17.3 Å². The number of benzene rings is 1. The molecule has 0 heterocycles. The van der Waals surface area contributed by atoms with E-state index in [9.17, 15) is 4.79 Å². The quantitative estimate of drug-likeness (QED) is 0.657. The van der Waals surface area contributed by atoms with Gasteiger partial charge in [-0.1, -0.05) is 6.07 Å². The molecule has 1 aromatic rings. The minimum Gasteiger partial charge on any atom is -0.462 e. The van der Waals surface area contributed by atoms with Gasteiger partial charge in [-0.25, -0.2) is 4.79 Å². The fourth-order valence-corrected chi connectivity index (χ4v) is 2.22. The Morgan fingerprint density at radius 1 is 1.50 bits per heavy atom. The summed E-state index contributed by atoms with van der Waals surface area (Å²) in [6, 6.07) is 6.07. The summed E-state index contributed by atoms with van der Waals surface area (Å²) in [5, 5.41) is 0. The molecule has 1 aliphatic carbocycles. The lowest BCUT2D eigenvalue weighted by atomic mass is 9.91. The minimum atomic E-state index is -0.348. The first-order valence-electron chi connectivity index (χ1n) is 6.43. The Hall–Kier alpha value is -1.71. The number of hydrogen-bond donors (Lipinski definition) is 1. The summed E-state index contributed by atoms with van der Waals surface area (Å²) in [4.78, 5) is 13.9. The second-order valence-electron chi connectivity index (χ2n) is 4.65. The van der Waals surface area contributed by atoms with Crippen LogP contribution in [0.15, 0.2) is 18.2 Å². The zero-order valence-electron chi connectivity index (χ0n) is 11.0. The Kier molecular flexibility index (Phi) is 3.75. The smallest absolute Gasteiger partial charge is 0.340 e. The first-order chi connectivity index (χ1) is 8.65. The number of esters is 1. The molecule has 18 heavy (non-hydrogen) atoms. The molecular weight excluding hydrogens is 228 g/mol. The van der Waals surface area contributed by atoms with Gasteiger partial charge in [0.05, 0.1) is 23.5 Å². The monoisotopic (exact) mass is 248 g/mol. The van der Waals surface area contributed by atoms with Gasteiger partial charge in [0.1, 0.15) is 0 Å². The summed E-state index contributed by atoms with van der Waals surface area (Å²) in [6.45, 7) is 2.15. The number of carbonyl (C=O) groups is 1. The van der Waals surface area contributed by atoms with Crippen LogP contribution in [0.5, 0.6) is 0 Å². The summed E-state index contributed by atoms with van der Waals surface area (Å²) in [7, 11) is 2.03. The highest BCUT2D eigenvalue weighted by molar-refractivity contribution is 5.98. The van der Waals surface area contributed by atoms with Crippen LogP contribution in [0.3, 0.4) is 0 Å². The fourth-order valence-electron chi connectivity index (χ4n) is 2.22. The highest BCUT2D eigenvalue weighted by Crippen LogP contribution is 2.33. The van der Waals surface area contributed by atoms with Crippen LogP contribution in [0.2, 0.25) is 0 Å². The van der Waals surface area contributed by atoms with E-state index in [2.05, 4.69) is 4.90 Å². The maximum Gasteiger partial charge on any atom is 0.340 e. The van der Waals surface area contributed by atoms with Crippen LogP contribution >= 0.6 is 0 Å². The first-order valence-corrected chi connectivity index (χ1v) is 6.43. The molecule has 0 spiro atoms. The maximum atomic E-state index is 11.8. The Labute approximate surface area is 108 Å². The number of carbonyl (C=O) groups excluding carboxylic acids is 1. The molecule has 0 radical (unpaired) electrons. The van der Waals surface area contributed by atoms with E-state index in [1.165, 1.54) is 19.3 Å². The number of ether oxygens (including phenoxy) is 1. The summed E-state index contributed by atoms with van der Waals surface area (Å²) >= 11 is 0. The normalized spacial score (nSPS) is 15.0. The zero-order chi connectivity index (χ0) is 13.1. The molecule has 0 aromatic heterocycles. The molecule has 2 rings (SSSR count). The Morgan fingerprint density at radius 2 is 2.22 bits per heavy atom. The van der Waals surface area contributed by atoms with Crippen LogP contribution < -0.4 is 10.6 Å². The number of nitrogens with two attached hydrogens (primary N) is 1. The lowest BCUT2D eigenvalue weighted by molar-refractivity contribution is 0.0527. The van der Waals surface area contributed by atoms with Crippen LogP contribution in [0.4, 0.5) is 11.4 Å². The molecule has 0 amide bonds. The van der Waals surface area contributed by atoms with Gasteiger partial charge in [-0.3, -0.25) is 0 Å². The standard InChI is InChI=1S/C14H20N2O2/c1-3-18-14(17)11-8-5-9-12(13(11)15)16(2)10-6-4-7-10/h5,8-10H,3-4,6-7,15H2,1-2H3. The van der Waals surface area contributed by atoms with Gasteiger partial charge in [-0.15, -0.1) is 0 Å². The van der Waals surface area contributed by atoms with Crippen molar-refractivity contribution in [3.8, 4) is 0 Å². The Balaban J connectivity index is 2.26. The van der Waals surface area contributed by atoms with Crippen molar-refractivity contribution in [2.75, 3.05) is 24.3 Å². The van der Waals surface area contributed by atoms with Gasteiger partial charge in [-0.2, -0.15) is 0 Å². The van der Waals surface area contributed by atoms with E-state index in [1.54, 1.807) is 13.0 Å². The van der Waals surface area contributed by atoms with Crippen LogP contribution in [0.25, 0.3) is 0 Å². The third-order valence-electron chi connectivity index (χ3n) is 3.58. The maximum absolute atomic E-state index is 11.8. The predicted molar refractivity (Wildman–Crippen MR) is 72.9 cm³/mol. The zero-order valence-corrected chi connectivity index (χ0v) is 11.0. The SMILES string of the molecule is CCOC(=O)c1cccc(N(C)C2CCC2)c1N. The summed E-state index contributed by atoms with van der Waals surface area (Å²) in [5.41, 5.74) is 7.99. The summed E-state index contributed by atoms with van der Waals surface area (Å²) in [6.07, 6.45) is 3.66. The highest BCUT2D eigenvalue weighted by Gasteiger charge is 2.24. The van der Waals surface area contributed by atoms with Crippen molar-refractivity contribution in [1.29, 1.82) is 0 Å². The number of hydrogen-bond acceptors (Lipinski definition) is 4. The molecule has 1 saturated carbocycles. The van der Waals surface area contributed by atoms with E-state index in [1.807, 2.05) is 19.2 Å². The predicted octanol–water partition coefficient (Wildman–Crippen LogP) is 2.43. The van der Waals surface area contributed by atoms with Crippen molar-refractivity contribution in [1.82, 2.24) is 0 Å². The molecule has 4 nitrogen and oxygen atoms in total. The van der Waals surface area contributed by atoms with Gasteiger partial charge in [0, 0.05) is 13.1 Å². The van der Waals surface area contributed by atoms with Crippen molar-refractivity contribution < 1.29 is 9.53 Å². The van der Waals surface area contributed by atoms with Crippen LogP contribution in [0.1, 0.15) is 36.5 Å². The number of nitrogens with zero attached hydrogens (tertiary/aromatic N) is 1. The summed E-state index contributed by atoms with van der Waals surface area (Å²) < 4.78 is 5.01. The molecule has 2 N–H and O–H groups in total. The number of nitrogen functional groups attached to an aromatic ring is 1. The van der Waals surface area contributed by atoms with Gasteiger partial charge in [0.2, 0.25) is 0 Å². The van der Waals surface area contributed by atoms with Gasteiger partial charge in [-0.05, 0) is 38.3 Å². The largest absolute Gasteiger partial charge is 0.462 e. The van der Waals surface area contributed by atoms with Crippen molar-refractivity contribution in [2.24, 2.45) is 0 Å². The van der Waals surface area contributed by atoms with Gasteiger partial charge >= 0.3 is 5.97 Å². The third kappa shape index (κ3) is 2.28. The molecule has 0 bridgehead atoms. The van der Waals surface area contributed by atoms with Crippen LogP contribution in [-0.4, -0.2) is 25.7 Å². The van der Waals surface area contributed by atoms with E-state index >= 15 is 0 Å². The molecule has 1 fully saturated rings. The Bertz CT molecular complexity index is 441. The van der Waals surface area contributed by atoms with Gasteiger partial charge in [0.25, 0.3) is 0 Å². The van der Waals surface area contributed by atoms with Crippen molar-refractivity contribution in [2.45, 2.75) is 32.2 Å². The average molecular weight is 248 g/mol. The van der Waals surface area contributed by atoms with E-state index in [0.717, 1.165) is 5.69 Å². The van der Waals surface area contributed by atoms with E-state index < -0.39 is 0 Å². The van der Waals surface area contributed by atoms with E-state index in [-0.39, 0.29) is 5.97 Å². The number of anilines is 2. The van der Waals surface area contributed by atoms with Crippen LogP contribution in [0, 0.1) is 0 Å². The first kappa shape index (κ1) is 12.7. The van der Waals surface area contributed by atoms with E-state index in [0.29, 0.717) is 23.9 Å². The highest BCUT2D eigenvalue weighted by atomic mass is 16.5. The minimum absolute atomic E-state index is 0.348. The lowest BCUT2D eigenvalue weighted by Crippen LogP contribution is -2.37. The average Bonchev–Trinajstić information content (AvgIpc) is 2.27. The molecule has 0 unspecified atom stereocenters. The molecule has 1 aromatic carbocycles. The second kappa shape index (κ2) is 5.29. The Morgan fingerprint density at radius 3 is 2.78 bits per heavy atom. The molecule has 98 valence electrons.